The van der Waals surface area contributed by atoms with Crippen molar-refractivity contribution in [2.24, 2.45) is 0 Å². The molecule has 0 spiro atoms. The number of benzene rings is 1. The fourth-order valence-corrected chi connectivity index (χ4v) is 5.64. The summed E-state index contributed by atoms with van der Waals surface area (Å²) >= 11 is 1.08. The minimum Gasteiger partial charge on any atom is -0.300 e. The van der Waals surface area contributed by atoms with Crippen LogP contribution in [0.3, 0.4) is 0 Å². The lowest BCUT2D eigenvalue weighted by molar-refractivity contribution is -0.141. The topological polar surface area (TPSA) is 97.2 Å². The summed E-state index contributed by atoms with van der Waals surface area (Å²) in [4.78, 5) is 16.5. The van der Waals surface area contributed by atoms with Crippen molar-refractivity contribution in [3.63, 3.8) is 0 Å². The SMILES string of the molecule is O=C(Cn1ccc(C(F)(F)F)n1)Nc1nc2ccc(S(=O)(=O)N3CCCC3)cc2s1. The smallest absolute Gasteiger partial charge is 0.300 e. The number of hydrogen-bond acceptors (Lipinski definition) is 6. The minimum absolute atomic E-state index is 0.162. The van der Waals surface area contributed by atoms with Gasteiger partial charge in [-0.05, 0) is 37.1 Å². The molecule has 3 aromatic rings. The fourth-order valence-electron chi connectivity index (χ4n) is 3.10. The normalized spacial score (nSPS) is 15.7. The molecule has 2 aromatic heterocycles. The van der Waals surface area contributed by atoms with Gasteiger partial charge in [0.1, 0.15) is 6.54 Å². The number of sulfonamides is 1. The molecule has 160 valence electrons. The second kappa shape index (κ2) is 7.63. The Balaban J connectivity index is 1.48. The van der Waals surface area contributed by atoms with E-state index in [4.69, 9.17) is 0 Å². The number of fused-ring (bicyclic) bond motifs is 1. The Hall–Kier alpha value is -2.51. The molecule has 1 saturated heterocycles. The molecule has 1 N–H and O–H groups in total. The number of carbonyl (C=O) groups is 1. The standard InChI is InChI=1S/C17H16F3N5O3S2/c18-17(19,20)14-5-8-24(23-14)10-15(26)22-16-21-12-4-3-11(9-13(12)29-16)30(27,28)25-6-1-2-7-25/h3-5,8-9H,1-2,6-7,10H2,(H,21,22,26). The van der Waals surface area contributed by atoms with E-state index in [-0.39, 0.29) is 10.0 Å². The minimum atomic E-state index is -4.58. The number of nitrogens with one attached hydrogen (secondary N) is 1. The Bertz CT molecular complexity index is 1200. The third-order valence-corrected chi connectivity index (χ3v) is 7.37. The maximum Gasteiger partial charge on any atom is 0.435 e. The van der Waals surface area contributed by atoms with Crippen LogP contribution in [-0.4, -0.2) is 46.5 Å². The Kier molecular flexibility index (Phi) is 5.28. The maximum absolute atomic E-state index is 12.7. The molecule has 1 aliphatic rings. The van der Waals surface area contributed by atoms with Crippen molar-refractivity contribution in [1.29, 1.82) is 0 Å². The maximum atomic E-state index is 12.7. The molecule has 13 heteroatoms. The first-order valence-electron chi connectivity index (χ1n) is 8.94. The number of alkyl halides is 3. The van der Waals surface area contributed by atoms with Crippen molar-refractivity contribution in [1.82, 2.24) is 19.1 Å². The van der Waals surface area contributed by atoms with Crippen LogP contribution in [0.5, 0.6) is 0 Å². The second-order valence-corrected chi connectivity index (χ2v) is 9.67. The van der Waals surface area contributed by atoms with E-state index in [0.717, 1.165) is 41.1 Å². The number of thiazole rings is 1. The summed E-state index contributed by atoms with van der Waals surface area (Å²) in [5.74, 6) is -0.601. The zero-order chi connectivity index (χ0) is 21.5. The second-order valence-electron chi connectivity index (χ2n) is 6.70. The Labute approximate surface area is 173 Å². The first kappa shape index (κ1) is 20.8. The molecule has 30 heavy (non-hydrogen) atoms. The molecular formula is C17H16F3N5O3S2. The van der Waals surface area contributed by atoms with Gasteiger partial charge in [0.2, 0.25) is 15.9 Å². The van der Waals surface area contributed by atoms with E-state index in [1.54, 1.807) is 6.07 Å². The summed E-state index contributed by atoms with van der Waals surface area (Å²) in [6.45, 7) is 0.572. The number of carbonyl (C=O) groups excluding carboxylic acids is 1. The fraction of sp³-hybridized carbons (Fsp3) is 0.353. The van der Waals surface area contributed by atoms with Crippen molar-refractivity contribution >= 4 is 42.6 Å². The zero-order valence-corrected chi connectivity index (χ0v) is 17.0. The van der Waals surface area contributed by atoms with Crippen molar-refractivity contribution < 1.29 is 26.4 Å². The number of aromatic nitrogens is 3. The molecule has 1 aromatic carbocycles. The van der Waals surface area contributed by atoms with Gasteiger partial charge in [-0.25, -0.2) is 13.4 Å². The summed E-state index contributed by atoms with van der Waals surface area (Å²) in [6, 6.07) is 5.34. The van der Waals surface area contributed by atoms with Crippen molar-refractivity contribution in [2.45, 2.75) is 30.5 Å². The molecule has 0 saturated carbocycles. The Morgan fingerprint density at radius 2 is 1.93 bits per heavy atom. The van der Waals surface area contributed by atoms with E-state index >= 15 is 0 Å². The van der Waals surface area contributed by atoms with Gasteiger partial charge in [-0.1, -0.05) is 11.3 Å². The predicted octanol–water partition coefficient (Wildman–Crippen LogP) is 2.93. The van der Waals surface area contributed by atoms with E-state index in [0.29, 0.717) is 23.3 Å². The molecule has 1 amide bonds. The van der Waals surface area contributed by atoms with Gasteiger partial charge in [-0.3, -0.25) is 9.48 Å². The Morgan fingerprint density at radius 3 is 2.60 bits per heavy atom. The molecule has 0 unspecified atom stereocenters. The largest absolute Gasteiger partial charge is 0.435 e. The van der Waals surface area contributed by atoms with Gasteiger partial charge in [0.15, 0.2) is 10.8 Å². The number of rotatable bonds is 5. The molecular weight excluding hydrogens is 443 g/mol. The van der Waals surface area contributed by atoms with Gasteiger partial charge < -0.3 is 5.32 Å². The van der Waals surface area contributed by atoms with Crippen LogP contribution < -0.4 is 5.32 Å². The number of amides is 1. The lowest BCUT2D eigenvalue weighted by Gasteiger charge is -2.15. The van der Waals surface area contributed by atoms with Gasteiger partial charge in [0, 0.05) is 19.3 Å². The van der Waals surface area contributed by atoms with Crippen molar-refractivity contribution in [3.05, 3.63) is 36.2 Å². The zero-order valence-electron chi connectivity index (χ0n) is 15.4. The molecule has 0 radical (unpaired) electrons. The molecule has 0 atom stereocenters. The highest BCUT2D eigenvalue weighted by atomic mass is 32.2. The van der Waals surface area contributed by atoms with Gasteiger partial charge in [-0.15, -0.1) is 0 Å². The van der Waals surface area contributed by atoms with Crippen LogP contribution >= 0.6 is 11.3 Å². The average molecular weight is 459 g/mol. The van der Waals surface area contributed by atoms with Crippen LogP contribution in [-0.2, 0) is 27.5 Å². The van der Waals surface area contributed by atoms with Crippen LogP contribution in [0, 0.1) is 0 Å². The molecule has 4 rings (SSSR count). The number of halogens is 3. The first-order chi connectivity index (χ1) is 14.1. The number of nitrogens with zero attached hydrogens (tertiary/aromatic N) is 4. The Morgan fingerprint density at radius 1 is 1.20 bits per heavy atom. The summed E-state index contributed by atoms with van der Waals surface area (Å²) in [5, 5.41) is 6.05. The van der Waals surface area contributed by atoms with Gasteiger partial charge in [-0.2, -0.15) is 22.6 Å². The molecule has 3 heterocycles. The summed E-state index contributed by atoms with van der Waals surface area (Å²) in [5.41, 5.74) is -0.573. The number of hydrogen-bond donors (Lipinski definition) is 1. The van der Waals surface area contributed by atoms with E-state index in [1.807, 2.05) is 0 Å². The number of anilines is 1. The van der Waals surface area contributed by atoms with E-state index in [1.165, 1.54) is 16.4 Å². The summed E-state index contributed by atoms with van der Waals surface area (Å²) < 4.78 is 66.0. The molecule has 0 bridgehead atoms. The van der Waals surface area contributed by atoms with E-state index in [9.17, 15) is 26.4 Å². The highest BCUT2D eigenvalue weighted by Gasteiger charge is 2.33. The third-order valence-electron chi connectivity index (χ3n) is 4.55. The highest BCUT2D eigenvalue weighted by Crippen LogP contribution is 2.30. The van der Waals surface area contributed by atoms with Crippen LogP contribution in [0.15, 0.2) is 35.4 Å². The predicted molar refractivity (Wildman–Crippen MR) is 103 cm³/mol. The van der Waals surface area contributed by atoms with E-state index < -0.39 is 34.3 Å². The quantitative estimate of drug-likeness (QED) is 0.633. The molecule has 1 aliphatic heterocycles. The van der Waals surface area contributed by atoms with E-state index in [2.05, 4.69) is 15.4 Å². The molecule has 1 fully saturated rings. The lowest BCUT2D eigenvalue weighted by Crippen LogP contribution is -2.27. The van der Waals surface area contributed by atoms with Gasteiger partial charge in [0.05, 0.1) is 15.1 Å². The van der Waals surface area contributed by atoms with Crippen LogP contribution in [0.4, 0.5) is 18.3 Å². The summed E-state index contributed by atoms with van der Waals surface area (Å²) in [6.07, 6.45) is -1.85. The third kappa shape index (κ3) is 4.18. The highest BCUT2D eigenvalue weighted by molar-refractivity contribution is 7.89. The van der Waals surface area contributed by atoms with Crippen molar-refractivity contribution in [2.75, 3.05) is 18.4 Å². The van der Waals surface area contributed by atoms with Crippen LogP contribution in [0.25, 0.3) is 10.2 Å². The van der Waals surface area contributed by atoms with Crippen LogP contribution in [0.2, 0.25) is 0 Å². The lowest BCUT2D eigenvalue weighted by atomic mass is 10.3. The van der Waals surface area contributed by atoms with Gasteiger partial charge in [0.25, 0.3) is 0 Å². The first-order valence-corrected chi connectivity index (χ1v) is 11.2. The monoisotopic (exact) mass is 459 g/mol. The average Bonchev–Trinajstić information content (AvgIpc) is 3.40. The summed E-state index contributed by atoms with van der Waals surface area (Å²) in [7, 11) is -3.57. The molecule has 8 nitrogen and oxygen atoms in total. The van der Waals surface area contributed by atoms with Crippen LogP contribution in [0.1, 0.15) is 18.5 Å². The molecule has 0 aliphatic carbocycles. The van der Waals surface area contributed by atoms with Crippen molar-refractivity contribution in [3.8, 4) is 0 Å². The van der Waals surface area contributed by atoms with Gasteiger partial charge >= 0.3 is 6.18 Å².